The lowest BCUT2D eigenvalue weighted by Gasteiger charge is -2.27. The number of ketones is 1. The second-order valence-corrected chi connectivity index (χ2v) is 8.33. The van der Waals surface area contributed by atoms with Crippen LogP contribution >= 0.6 is 0 Å². The largest absolute Gasteiger partial charge is 0.507 e. The van der Waals surface area contributed by atoms with Crippen LogP contribution in [0.4, 0.5) is 0 Å². The second-order valence-electron chi connectivity index (χ2n) is 8.33. The molecule has 0 bridgehead atoms. The molecular weight excluding hydrogens is 436 g/mol. The first kappa shape index (κ1) is 25.1. The third-order valence-electron chi connectivity index (χ3n) is 5.51. The number of aliphatic hydroxyl groups excluding tert-OH is 1. The highest BCUT2D eigenvalue weighted by atomic mass is 16.5. The fourth-order valence-electron chi connectivity index (χ4n) is 3.85. The number of aliphatic hydroxyl groups is 1. The number of likely N-dealkylation sites (N-methyl/N-ethyl adjacent to an activating group) is 1. The summed E-state index contributed by atoms with van der Waals surface area (Å²) in [4.78, 5) is 29.6. The van der Waals surface area contributed by atoms with Crippen molar-refractivity contribution in [2.45, 2.75) is 26.3 Å². The van der Waals surface area contributed by atoms with Gasteiger partial charge in [0.25, 0.3) is 11.7 Å². The molecule has 3 rings (SSSR count). The Hall–Kier alpha value is -3.52. The zero-order valence-electron chi connectivity index (χ0n) is 20.1. The molecule has 1 heterocycles. The van der Waals surface area contributed by atoms with Crippen LogP contribution in [0.5, 0.6) is 17.2 Å². The van der Waals surface area contributed by atoms with Gasteiger partial charge in [-0.2, -0.15) is 0 Å². The summed E-state index contributed by atoms with van der Waals surface area (Å²) in [6, 6.07) is 10.7. The molecule has 1 saturated heterocycles. The second kappa shape index (κ2) is 11.1. The van der Waals surface area contributed by atoms with Crippen molar-refractivity contribution in [1.82, 2.24) is 9.80 Å². The molecule has 34 heavy (non-hydrogen) atoms. The molecule has 2 aromatic carbocycles. The quantitative estimate of drug-likeness (QED) is 0.312. The van der Waals surface area contributed by atoms with Gasteiger partial charge >= 0.3 is 0 Å². The highest BCUT2D eigenvalue weighted by molar-refractivity contribution is 6.46. The normalized spacial score (nSPS) is 17.4. The Kier molecular flexibility index (Phi) is 8.17. The minimum Gasteiger partial charge on any atom is -0.507 e. The van der Waals surface area contributed by atoms with Gasteiger partial charge in [0.1, 0.15) is 11.5 Å². The molecule has 8 nitrogen and oxygen atoms in total. The molecule has 0 saturated carbocycles. The van der Waals surface area contributed by atoms with Crippen LogP contribution in [0, 0.1) is 0 Å². The molecule has 0 aliphatic carbocycles. The summed E-state index contributed by atoms with van der Waals surface area (Å²) in [6.45, 7) is 5.45. The van der Waals surface area contributed by atoms with E-state index < -0.39 is 17.7 Å². The lowest BCUT2D eigenvalue weighted by molar-refractivity contribution is -0.140. The third kappa shape index (κ3) is 5.34. The maximum absolute atomic E-state index is 13.2. The van der Waals surface area contributed by atoms with Gasteiger partial charge in [0.2, 0.25) is 0 Å². The van der Waals surface area contributed by atoms with Gasteiger partial charge in [-0.3, -0.25) is 9.59 Å². The van der Waals surface area contributed by atoms with E-state index in [2.05, 4.69) is 0 Å². The molecule has 1 aliphatic heterocycles. The van der Waals surface area contributed by atoms with Gasteiger partial charge < -0.3 is 29.5 Å². The molecule has 1 aliphatic rings. The maximum atomic E-state index is 13.2. The van der Waals surface area contributed by atoms with Crippen LogP contribution < -0.4 is 9.47 Å². The van der Waals surface area contributed by atoms with Crippen molar-refractivity contribution in [3.63, 3.8) is 0 Å². The van der Waals surface area contributed by atoms with Crippen LogP contribution in [-0.2, 0) is 9.59 Å². The van der Waals surface area contributed by atoms with E-state index in [9.17, 15) is 19.8 Å². The molecule has 0 aromatic heterocycles. The lowest BCUT2D eigenvalue weighted by atomic mass is 9.95. The number of phenols is 1. The minimum atomic E-state index is -0.833. The zero-order valence-corrected chi connectivity index (χ0v) is 20.1. The molecule has 182 valence electrons. The molecule has 2 N–H and O–H groups in total. The molecule has 1 unspecified atom stereocenters. The van der Waals surface area contributed by atoms with Crippen LogP contribution in [0.25, 0.3) is 5.76 Å². The fourth-order valence-corrected chi connectivity index (χ4v) is 3.85. The molecule has 1 amide bonds. The number of hydrogen-bond donors (Lipinski definition) is 2. The summed E-state index contributed by atoms with van der Waals surface area (Å²) >= 11 is 0. The van der Waals surface area contributed by atoms with Gasteiger partial charge in [-0.15, -0.1) is 0 Å². The predicted molar refractivity (Wildman–Crippen MR) is 129 cm³/mol. The first-order valence-electron chi connectivity index (χ1n) is 11.4. The Balaban J connectivity index is 2.14. The first-order valence-corrected chi connectivity index (χ1v) is 11.4. The number of carbonyl (C=O) groups excluding carboxylic acids is 2. The smallest absolute Gasteiger partial charge is 0.295 e. The molecule has 0 radical (unpaired) electrons. The monoisotopic (exact) mass is 468 g/mol. The highest BCUT2D eigenvalue weighted by Crippen LogP contribution is 2.42. The number of carbonyl (C=O) groups is 2. The van der Waals surface area contributed by atoms with Crippen LogP contribution in [0.2, 0.25) is 0 Å². The number of Topliss-reactive ketones (excluding diaryl/α,β-unsaturated/α-hetero) is 1. The van der Waals surface area contributed by atoms with Crippen molar-refractivity contribution < 1.29 is 29.3 Å². The number of hydrogen-bond acceptors (Lipinski definition) is 7. The van der Waals surface area contributed by atoms with Crippen LogP contribution in [-0.4, -0.2) is 72.1 Å². The lowest BCUT2D eigenvalue weighted by Crippen LogP contribution is -2.35. The third-order valence-corrected chi connectivity index (χ3v) is 5.51. The van der Waals surface area contributed by atoms with Gasteiger partial charge in [-0.1, -0.05) is 25.1 Å². The molecule has 1 atom stereocenters. The Morgan fingerprint density at radius 2 is 1.85 bits per heavy atom. The van der Waals surface area contributed by atoms with Crippen LogP contribution in [0.3, 0.4) is 0 Å². The van der Waals surface area contributed by atoms with E-state index in [0.717, 1.165) is 6.42 Å². The molecule has 2 aromatic rings. The molecule has 1 fully saturated rings. The Labute approximate surface area is 200 Å². The first-order chi connectivity index (χ1) is 16.3. The maximum Gasteiger partial charge on any atom is 0.295 e. The van der Waals surface area contributed by atoms with Crippen molar-refractivity contribution >= 4 is 17.4 Å². The Bertz CT molecular complexity index is 1080. The predicted octanol–water partition coefficient (Wildman–Crippen LogP) is 3.56. The van der Waals surface area contributed by atoms with E-state index in [4.69, 9.17) is 9.47 Å². The van der Waals surface area contributed by atoms with Crippen molar-refractivity contribution in [2.24, 2.45) is 0 Å². The van der Waals surface area contributed by atoms with E-state index >= 15 is 0 Å². The number of nitrogens with zero attached hydrogens (tertiary/aromatic N) is 2. The number of likely N-dealkylation sites (tertiary alicyclic amines) is 1. The topological polar surface area (TPSA) is 99.5 Å². The van der Waals surface area contributed by atoms with Gasteiger partial charge in [0.05, 0.1) is 24.8 Å². The van der Waals surface area contributed by atoms with Gasteiger partial charge in [0.15, 0.2) is 11.5 Å². The van der Waals surface area contributed by atoms with Crippen molar-refractivity contribution in [2.75, 3.05) is 40.4 Å². The Morgan fingerprint density at radius 1 is 1.09 bits per heavy atom. The minimum absolute atomic E-state index is 0.00969. The van der Waals surface area contributed by atoms with E-state index in [-0.39, 0.29) is 29.4 Å². The van der Waals surface area contributed by atoms with Crippen LogP contribution in [0.15, 0.2) is 48.0 Å². The van der Waals surface area contributed by atoms with Gasteiger partial charge in [-0.25, -0.2) is 0 Å². The van der Waals surface area contributed by atoms with Crippen LogP contribution in [0.1, 0.15) is 37.4 Å². The number of benzene rings is 2. The number of rotatable bonds is 10. The van der Waals surface area contributed by atoms with Crippen molar-refractivity contribution in [3.05, 3.63) is 59.2 Å². The standard InChI is InChI=1S/C26H32N2O6/c1-5-14-34-19-9-7-8-18(15-19)24(30)22-23(17-10-11-20(29)21(16-17)33-6-2)28(13-12-27(3)4)26(32)25(22)31/h7-11,15-16,23,29-30H,5-6,12-14H2,1-4H3. The average Bonchev–Trinajstić information content (AvgIpc) is 3.07. The van der Waals surface area contributed by atoms with Gasteiger partial charge in [-0.05, 0) is 57.3 Å². The number of phenolic OH excluding ortho intramolecular Hbond substituents is 1. The summed E-state index contributed by atoms with van der Waals surface area (Å²) in [5, 5.41) is 21.4. The zero-order chi connectivity index (χ0) is 24.8. The van der Waals surface area contributed by atoms with E-state index in [1.165, 1.54) is 11.0 Å². The summed E-state index contributed by atoms with van der Waals surface area (Å²) in [5.41, 5.74) is 0.928. The molecule has 8 heteroatoms. The summed E-state index contributed by atoms with van der Waals surface area (Å²) in [5.74, 6) is -0.953. The van der Waals surface area contributed by atoms with Gasteiger partial charge in [0, 0.05) is 18.7 Å². The average molecular weight is 469 g/mol. The van der Waals surface area contributed by atoms with Crippen molar-refractivity contribution in [1.29, 1.82) is 0 Å². The highest BCUT2D eigenvalue weighted by Gasteiger charge is 2.46. The summed E-state index contributed by atoms with van der Waals surface area (Å²) < 4.78 is 11.2. The molecular formula is C26H32N2O6. The fraction of sp³-hybridized carbons (Fsp3) is 0.385. The summed E-state index contributed by atoms with van der Waals surface area (Å²) in [6.07, 6.45) is 0.830. The van der Waals surface area contributed by atoms with E-state index in [1.807, 2.05) is 25.9 Å². The Morgan fingerprint density at radius 3 is 2.53 bits per heavy atom. The number of ether oxygens (including phenoxy) is 2. The number of amides is 1. The van der Waals surface area contributed by atoms with E-state index in [0.29, 0.717) is 36.6 Å². The van der Waals surface area contributed by atoms with Crippen molar-refractivity contribution in [3.8, 4) is 17.2 Å². The number of aromatic hydroxyl groups is 1. The summed E-state index contributed by atoms with van der Waals surface area (Å²) in [7, 11) is 3.75. The molecule has 0 spiro atoms. The SMILES string of the molecule is CCCOc1cccc(C(O)=C2C(=O)C(=O)N(CCN(C)C)C2c2ccc(O)c(OCC)c2)c1. The van der Waals surface area contributed by atoms with E-state index in [1.54, 1.807) is 43.3 Å².